The number of thioether (sulfide) groups is 1. The van der Waals surface area contributed by atoms with Crippen molar-refractivity contribution in [3.63, 3.8) is 0 Å². The van der Waals surface area contributed by atoms with Crippen molar-refractivity contribution in [2.24, 2.45) is 0 Å². The van der Waals surface area contributed by atoms with E-state index in [9.17, 15) is 5.11 Å². The Balaban J connectivity index is 2.32. The molecule has 2 N–H and O–H groups in total. The number of tetrazole rings is 1. The van der Waals surface area contributed by atoms with Crippen LogP contribution in [0, 0.1) is 0 Å². The second kappa shape index (κ2) is 7.62. The summed E-state index contributed by atoms with van der Waals surface area (Å²) in [4.78, 5) is 0. The van der Waals surface area contributed by atoms with E-state index in [-0.39, 0.29) is 6.10 Å². The van der Waals surface area contributed by atoms with Crippen LogP contribution in [0.4, 0.5) is 0 Å². The molecule has 1 atom stereocenters. The highest BCUT2D eigenvalue weighted by Crippen LogP contribution is 2.15. The van der Waals surface area contributed by atoms with Gasteiger partial charge >= 0.3 is 0 Å². The van der Waals surface area contributed by atoms with Gasteiger partial charge in [-0.05, 0) is 23.8 Å². The fourth-order valence-electron chi connectivity index (χ4n) is 1.22. The lowest BCUT2D eigenvalue weighted by atomic mass is 10.3. The predicted molar refractivity (Wildman–Crippen MR) is 68.0 cm³/mol. The molecule has 98 valence electrons. The van der Waals surface area contributed by atoms with Gasteiger partial charge in [-0.25, -0.2) is 4.68 Å². The minimum atomic E-state index is -0.269. The van der Waals surface area contributed by atoms with E-state index in [1.165, 1.54) is 0 Å². The monoisotopic (exact) mass is 259 g/mol. The van der Waals surface area contributed by atoms with E-state index >= 15 is 0 Å². The zero-order chi connectivity index (χ0) is 12.7. The Kier molecular flexibility index (Phi) is 6.46. The predicted octanol–water partition coefficient (Wildman–Crippen LogP) is 0.534. The molecule has 0 bridgehead atoms. The summed E-state index contributed by atoms with van der Waals surface area (Å²) in [6.45, 7) is 7.63. The average molecular weight is 259 g/mol. The summed E-state index contributed by atoms with van der Waals surface area (Å²) in [5.74, 6) is 0.829. The van der Waals surface area contributed by atoms with Gasteiger partial charge in [0.25, 0.3) is 0 Å². The van der Waals surface area contributed by atoms with Gasteiger partial charge in [-0.3, -0.25) is 0 Å². The van der Waals surface area contributed by atoms with Crippen LogP contribution in [0.3, 0.4) is 0 Å². The lowest BCUT2D eigenvalue weighted by Gasteiger charge is -2.08. The van der Waals surface area contributed by atoms with E-state index in [0.717, 1.165) is 30.4 Å². The molecular weight excluding hydrogens is 238 g/mol. The molecule has 0 spiro atoms. The van der Waals surface area contributed by atoms with Crippen molar-refractivity contribution >= 4 is 11.8 Å². The molecule has 0 aliphatic carbocycles. The van der Waals surface area contributed by atoms with Crippen molar-refractivity contribution in [1.82, 2.24) is 25.5 Å². The van der Waals surface area contributed by atoms with Crippen molar-refractivity contribution in [1.29, 1.82) is 0 Å². The first-order valence-electron chi connectivity index (χ1n) is 5.90. The highest BCUT2D eigenvalue weighted by molar-refractivity contribution is 7.99. The Morgan fingerprint density at radius 2 is 2.18 bits per heavy atom. The molecular formula is C10H21N5OS. The van der Waals surface area contributed by atoms with Gasteiger partial charge < -0.3 is 10.4 Å². The first kappa shape index (κ1) is 14.4. The SMILES string of the molecule is CC(O)CCSc1nnnn1CCNC(C)C. The third-order valence-corrected chi connectivity index (χ3v) is 3.13. The molecule has 0 fully saturated rings. The van der Waals surface area contributed by atoms with Crippen LogP contribution < -0.4 is 5.32 Å². The van der Waals surface area contributed by atoms with Crippen LogP contribution >= 0.6 is 11.8 Å². The van der Waals surface area contributed by atoms with Gasteiger partial charge in [-0.2, -0.15) is 0 Å². The minimum Gasteiger partial charge on any atom is -0.393 e. The Bertz CT molecular complexity index is 287. The van der Waals surface area contributed by atoms with Crippen LogP contribution in [0.15, 0.2) is 5.16 Å². The van der Waals surface area contributed by atoms with Gasteiger partial charge in [-0.15, -0.1) is 5.10 Å². The first-order chi connectivity index (χ1) is 8.09. The van der Waals surface area contributed by atoms with Crippen molar-refractivity contribution in [3.8, 4) is 0 Å². The van der Waals surface area contributed by atoms with Crippen molar-refractivity contribution < 1.29 is 5.11 Å². The minimum absolute atomic E-state index is 0.269. The molecule has 1 aromatic rings. The van der Waals surface area contributed by atoms with Crippen molar-refractivity contribution in [2.75, 3.05) is 12.3 Å². The summed E-state index contributed by atoms with van der Waals surface area (Å²) in [5, 5.41) is 24.9. The topological polar surface area (TPSA) is 75.9 Å². The van der Waals surface area contributed by atoms with Crippen LogP contribution in [0.1, 0.15) is 27.2 Å². The number of aliphatic hydroxyl groups excluding tert-OH is 1. The molecule has 1 aromatic heterocycles. The largest absolute Gasteiger partial charge is 0.393 e. The summed E-state index contributed by atoms with van der Waals surface area (Å²) in [7, 11) is 0. The summed E-state index contributed by atoms with van der Waals surface area (Å²) in [5.41, 5.74) is 0. The fraction of sp³-hybridized carbons (Fsp3) is 0.900. The number of hydrogen-bond donors (Lipinski definition) is 2. The Morgan fingerprint density at radius 3 is 2.82 bits per heavy atom. The maximum atomic E-state index is 9.17. The highest BCUT2D eigenvalue weighted by atomic mass is 32.2. The van der Waals surface area contributed by atoms with Gasteiger partial charge in [0.2, 0.25) is 5.16 Å². The maximum Gasteiger partial charge on any atom is 0.209 e. The van der Waals surface area contributed by atoms with E-state index in [1.807, 2.05) is 0 Å². The van der Waals surface area contributed by atoms with E-state index in [1.54, 1.807) is 23.4 Å². The van der Waals surface area contributed by atoms with Gasteiger partial charge in [0, 0.05) is 18.3 Å². The fourth-order valence-corrected chi connectivity index (χ4v) is 2.23. The molecule has 1 heterocycles. The van der Waals surface area contributed by atoms with E-state index in [0.29, 0.717) is 6.04 Å². The molecule has 6 nitrogen and oxygen atoms in total. The molecule has 17 heavy (non-hydrogen) atoms. The summed E-state index contributed by atoms with van der Waals surface area (Å²) in [6.07, 6.45) is 0.483. The lowest BCUT2D eigenvalue weighted by molar-refractivity contribution is 0.192. The van der Waals surface area contributed by atoms with E-state index in [4.69, 9.17) is 0 Å². The smallest absolute Gasteiger partial charge is 0.209 e. The third-order valence-electron chi connectivity index (χ3n) is 2.14. The molecule has 0 aliphatic rings. The van der Waals surface area contributed by atoms with Crippen LogP contribution in [-0.4, -0.2) is 49.8 Å². The maximum absolute atomic E-state index is 9.17. The van der Waals surface area contributed by atoms with E-state index in [2.05, 4.69) is 34.7 Å². The number of aromatic nitrogens is 4. The molecule has 0 amide bonds. The zero-order valence-corrected chi connectivity index (χ0v) is 11.4. The molecule has 0 saturated carbocycles. The summed E-state index contributed by atoms with van der Waals surface area (Å²) < 4.78 is 1.79. The number of aliphatic hydroxyl groups is 1. The molecule has 0 aliphatic heterocycles. The van der Waals surface area contributed by atoms with Gasteiger partial charge in [0.05, 0.1) is 12.6 Å². The number of nitrogens with zero attached hydrogens (tertiary/aromatic N) is 4. The Morgan fingerprint density at radius 1 is 1.41 bits per heavy atom. The lowest BCUT2D eigenvalue weighted by Crippen LogP contribution is -2.27. The standard InChI is InChI=1S/C10H21N5OS/c1-8(2)11-5-6-15-10(12-13-14-15)17-7-4-9(3)16/h8-9,11,16H,4-7H2,1-3H3. The highest BCUT2D eigenvalue weighted by Gasteiger charge is 2.07. The quantitative estimate of drug-likeness (QED) is 0.663. The molecule has 1 rings (SSSR count). The molecule has 0 radical (unpaired) electrons. The molecule has 0 saturated heterocycles. The summed E-state index contributed by atoms with van der Waals surface area (Å²) in [6, 6.07) is 0.470. The third kappa shape index (κ3) is 5.99. The molecule has 7 heteroatoms. The normalized spacial score (nSPS) is 13.2. The van der Waals surface area contributed by atoms with Gasteiger partial charge in [0.1, 0.15) is 0 Å². The second-order valence-corrected chi connectivity index (χ2v) is 5.34. The van der Waals surface area contributed by atoms with E-state index < -0.39 is 0 Å². The Hall–Kier alpha value is -0.660. The number of rotatable bonds is 8. The van der Waals surface area contributed by atoms with Crippen LogP contribution in [-0.2, 0) is 6.54 Å². The average Bonchev–Trinajstić information content (AvgIpc) is 2.65. The molecule has 0 aromatic carbocycles. The number of hydrogen-bond acceptors (Lipinski definition) is 6. The zero-order valence-electron chi connectivity index (χ0n) is 10.6. The Labute approximate surface area is 106 Å². The second-order valence-electron chi connectivity index (χ2n) is 4.28. The number of nitrogens with one attached hydrogen (secondary N) is 1. The first-order valence-corrected chi connectivity index (χ1v) is 6.88. The molecule has 1 unspecified atom stereocenters. The van der Waals surface area contributed by atoms with Gasteiger partial charge in [0.15, 0.2) is 0 Å². The summed E-state index contributed by atoms with van der Waals surface area (Å²) >= 11 is 1.58. The van der Waals surface area contributed by atoms with Crippen LogP contribution in [0.2, 0.25) is 0 Å². The van der Waals surface area contributed by atoms with Crippen molar-refractivity contribution in [3.05, 3.63) is 0 Å². The van der Waals surface area contributed by atoms with Crippen LogP contribution in [0.5, 0.6) is 0 Å². The van der Waals surface area contributed by atoms with Crippen molar-refractivity contribution in [2.45, 2.75) is 51.0 Å². The van der Waals surface area contributed by atoms with Gasteiger partial charge in [-0.1, -0.05) is 25.6 Å². The van der Waals surface area contributed by atoms with Crippen LogP contribution in [0.25, 0.3) is 0 Å².